The fourth-order valence-electron chi connectivity index (χ4n) is 9.56. The van der Waals surface area contributed by atoms with Gasteiger partial charge in [-0.25, -0.2) is 9.97 Å². The molecule has 4 nitrogen and oxygen atoms in total. The fourth-order valence-corrected chi connectivity index (χ4v) is 9.56. The summed E-state index contributed by atoms with van der Waals surface area (Å²) in [6, 6.07) is 65.6. The van der Waals surface area contributed by atoms with E-state index in [1.54, 1.807) is 0 Å². The Hall–Kier alpha value is -7.30. The van der Waals surface area contributed by atoms with Crippen LogP contribution in [0.5, 0.6) is 0 Å². The smallest absolute Gasteiger partial charge is 0.165 e. The molecule has 0 N–H and O–H groups in total. The summed E-state index contributed by atoms with van der Waals surface area (Å²) in [5.74, 6) is 0.827. The van der Waals surface area contributed by atoms with Crippen molar-refractivity contribution in [3.05, 3.63) is 193 Å². The highest BCUT2D eigenvalue weighted by Gasteiger charge is 2.40. The zero-order chi connectivity index (χ0) is 37.8. The molecule has 0 saturated carbocycles. The highest BCUT2D eigenvalue weighted by Crippen LogP contribution is 2.51. The van der Waals surface area contributed by atoms with Gasteiger partial charge in [-0.2, -0.15) is 0 Å². The maximum absolute atomic E-state index is 5.87. The Kier molecular flexibility index (Phi) is 6.65. The van der Waals surface area contributed by atoms with Gasteiger partial charge in [0.15, 0.2) is 5.82 Å². The molecule has 268 valence electrons. The molecule has 0 amide bonds. The second-order valence-electron chi connectivity index (χ2n) is 15.8. The zero-order valence-electron chi connectivity index (χ0n) is 31.6. The van der Waals surface area contributed by atoms with Crippen LogP contribution < -0.4 is 0 Å². The third-order valence-electron chi connectivity index (χ3n) is 12.2. The second-order valence-corrected chi connectivity index (χ2v) is 15.8. The number of nitrogens with zero attached hydrogens (tertiary/aromatic N) is 4. The quantitative estimate of drug-likeness (QED) is 0.181. The SMILES string of the molecule is CC1(C)c2ccc(-c3ccccc3)cc2-c2nc(-n3c4ccccc4c4cc5ccccc5cc43)c(-c3cccc4c3c3ccccc3n4-c3ccccc3)nc21. The molecule has 0 aliphatic heterocycles. The molecule has 12 rings (SSSR count). The van der Waals surface area contributed by atoms with Gasteiger partial charge in [-0.05, 0) is 76.0 Å². The largest absolute Gasteiger partial charge is 0.309 e. The molecular weight excluding hydrogens is 693 g/mol. The van der Waals surface area contributed by atoms with E-state index in [9.17, 15) is 0 Å². The van der Waals surface area contributed by atoms with Crippen molar-refractivity contribution in [2.24, 2.45) is 0 Å². The Bertz CT molecular complexity index is 3420. The summed E-state index contributed by atoms with van der Waals surface area (Å²) in [6.45, 7) is 4.60. The Labute approximate surface area is 329 Å². The summed E-state index contributed by atoms with van der Waals surface area (Å²) < 4.78 is 4.76. The first-order valence-electron chi connectivity index (χ1n) is 19.7. The summed E-state index contributed by atoms with van der Waals surface area (Å²) in [7, 11) is 0. The van der Waals surface area contributed by atoms with Crippen molar-refractivity contribution < 1.29 is 0 Å². The predicted molar refractivity (Wildman–Crippen MR) is 237 cm³/mol. The lowest BCUT2D eigenvalue weighted by Crippen LogP contribution is -2.18. The van der Waals surface area contributed by atoms with Crippen molar-refractivity contribution in [2.45, 2.75) is 19.3 Å². The minimum Gasteiger partial charge on any atom is -0.309 e. The highest BCUT2D eigenvalue weighted by molar-refractivity contribution is 6.17. The molecule has 57 heavy (non-hydrogen) atoms. The van der Waals surface area contributed by atoms with E-state index in [0.717, 1.165) is 61.8 Å². The molecule has 0 unspecified atom stereocenters. The molecule has 0 fully saturated rings. The minimum absolute atomic E-state index is 0.372. The summed E-state index contributed by atoms with van der Waals surface area (Å²) in [6.07, 6.45) is 0. The van der Waals surface area contributed by atoms with Gasteiger partial charge in [0.1, 0.15) is 5.69 Å². The van der Waals surface area contributed by atoms with Crippen LogP contribution in [0.25, 0.3) is 99.5 Å². The number of aromatic nitrogens is 4. The van der Waals surface area contributed by atoms with Crippen LogP contribution in [0.15, 0.2) is 182 Å². The lowest BCUT2D eigenvalue weighted by Gasteiger charge is -2.22. The Balaban J connectivity index is 1.23. The summed E-state index contributed by atoms with van der Waals surface area (Å²) in [5.41, 5.74) is 13.9. The molecule has 1 aliphatic rings. The molecule has 0 radical (unpaired) electrons. The van der Waals surface area contributed by atoms with Crippen LogP contribution in [0, 0.1) is 0 Å². The van der Waals surface area contributed by atoms with E-state index in [-0.39, 0.29) is 5.41 Å². The van der Waals surface area contributed by atoms with E-state index >= 15 is 0 Å². The number of hydrogen-bond donors (Lipinski definition) is 0. The van der Waals surface area contributed by atoms with Crippen molar-refractivity contribution in [2.75, 3.05) is 0 Å². The molecule has 0 spiro atoms. The number of rotatable bonds is 4. The van der Waals surface area contributed by atoms with Gasteiger partial charge < -0.3 is 4.57 Å². The van der Waals surface area contributed by atoms with Gasteiger partial charge in [0.2, 0.25) is 0 Å². The molecule has 0 bridgehead atoms. The molecule has 3 aromatic heterocycles. The average Bonchev–Trinajstić information content (AvgIpc) is 3.85. The van der Waals surface area contributed by atoms with Gasteiger partial charge in [-0.15, -0.1) is 0 Å². The molecular formula is C53H36N4. The average molecular weight is 729 g/mol. The van der Waals surface area contributed by atoms with Gasteiger partial charge in [0.25, 0.3) is 0 Å². The maximum Gasteiger partial charge on any atom is 0.165 e. The molecule has 0 atom stereocenters. The lowest BCUT2D eigenvalue weighted by molar-refractivity contribution is 0.635. The summed E-state index contributed by atoms with van der Waals surface area (Å²) in [5, 5.41) is 7.15. The predicted octanol–water partition coefficient (Wildman–Crippen LogP) is 13.5. The number of benzene rings is 8. The first kappa shape index (κ1) is 32.0. The number of fused-ring (bicyclic) bond motifs is 10. The van der Waals surface area contributed by atoms with E-state index in [4.69, 9.17) is 9.97 Å². The zero-order valence-corrected chi connectivity index (χ0v) is 31.6. The van der Waals surface area contributed by atoms with Crippen LogP contribution >= 0.6 is 0 Å². The van der Waals surface area contributed by atoms with Crippen LogP contribution in [-0.2, 0) is 5.41 Å². The van der Waals surface area contributed by atoms with Gasteiger partial charge in [0, 0.05) is 43.8 Å². The van der Waals surface area contributed by atoms with E-state index in [2.05, 4.69) is 205 Å². The van der Waals surface area contributed by atoms with Crippen LogP contribution in [0.1, 0.15) is 25.1 Å². The Morgan fingerprint density at radius 3 is 1.86 bits per heavy atom. The minimum atomic E-state index is -0.372. The van der Waals surface area contributed by atoms with Crippen molar-refractivity contribution in [1.82, 2.24) is 19.1 Å². The van der Waals surface area contributed by atoms with Gasteiger partial charge in [-0.1, -0.05) is 147 Å². The van der Waals surface area contributed by atoms with Crippen molar-refractivity contribution in [3.63, 3.8) is 0 Å². The lowest BCUT2D eigenvalue weighted by atomic mass is 9.84. The molecule has 1 aliphatic carbocycles. The third-order valence-corrected chi connectivity index (χ3v) is 12.2. The fraction of sp³-hybridized carbons (Fsp3) is 0.0566. The molecule has 11 aromatic rings. The first-order chi connectivity index (χ1) is 28.0. The maximum atomic E-state index is 5.87. The van der Waals surface area contributed by atoms with Gasteiger partial charge in [0.05, 0.1) is 33.5 Å². The van der Waals surface area contributed by atoms with Crippen LogP contribution in [0.3, 0.4) is 0 Å². The standard InChI is InChI=1S/C53H36N4/c1-53(2)43-29-28-36(33-16-5-3-6-17-33)31-42(43)49-51(53)54-50(40-24-15-27-46-48(40)39-23-12-14-26-45(39)56(46)37-20-7-4-8-21-37)52(55-49)57-44-25-13-11-22-38(44)41-30-34-18-9-10-19-35(34)32-47(41)57/h3-32H,1-2H3. The topological polar surface area (TPSA) is 35.6 Å². The van der Waals surface area contributed by atoms with E-state index in [1.807, 2.05) is 0 Å². The monoisotopic (exact) mass is 728 g/mol. The number of hydrogen-bond acceptors (Lipinski definition) is 2. The van der Waals surface area contributed by atoms with E-state index in [0.29, 0.717) is 0 Å². The van der Waals surface area contributed by atoms with Gasteiger partial charge >= 0.3 is 0 Å². The first-order valence-corrected chi connectivity index (χ1v) is 19.7. The Morgan fingerprint density at radius 2 is 1.07 bits per heavy atom. The van der Waals surface area contributed by atoms with Crippen LogP contribution in [-0.4, -0.2) is 19.1 Å². The van der Waals surface area contributed by atoms with Gasteiger partial charge in [-0.3, -0.25) is 4.57 Å². The molecule has 8 aromatic carbocycles. The van der Waals surface area contributed by atoms with Crippen LogP contribution in [0.4, 0.5) is 0 Å². The highest BCUT2D eigenvalue weighted by atomic mass is 15.1. The summed E-state index contributed by atoms with van der Waals surface area (Å²) >= 11 is 0. The molecule has 3 heterocycles. The van der Waals surface area contributed by atoms with Crippen molar-refractivity contribution >= 4 is 54.4 Å². The molecule has 0 saturated heterocycles. The number of para-hydroxylation sites is 3. The Morgan fingerprint density at radius 1 is 0.421 bits per heavy atom. The van der Waals surface area contributed by atoms with Crippen molar-refractivity contribution in [3.8, 4) is 45.1 Å². The van der Waals surface area contributed by atoms with E-state index < -0.39 is 0 Å². The van der Waals surface area contributed by atoms with Crippen LogP contribution in [0.2, 0.25) is 0 Å². The molecule has 4 heteroatoms. The normalized spacial score (nSPS) is 13.2. The second kappa shape index (κ2) is 11.8. The van der Waals surface area contributed by atoms with Crippen molar-refractivity contribution in [1.29, 1.82) is 0 Å². The third kappa shape index (κ3) is 4.55. The summed E-state index contributed by atoms with van der Waals surface area (Å²) in [4.78, 5) is 11.7. The van der Waals surface area contributed by atoms with E-state index in [1.165, 1.54) is 49.0 Å².